The van der Waals surface area contributed by atoms with E-state index in [2.05, 4.69) is 10.3 Å². The fourth-order valence-corrected chi connectivity index (χ4v) is 2.47. The number of thioether (sulfide) groups is 1. The van der Waals surface area contributed by atoms with Crippen LogP contribution in [-0.2, 0) is 0 Å². The fourth-order valence-electron chi connectivity index (χ4n) is 1.46. The Morgan fingerprint density at radius 2 is 2.25 bits per heavy atom. The highest BCUT2D eigenvalue weighted by Crippen LogP contribution is 2.36. The normalized spacial score (nSPS) is 22.7. The van der Waals surface area contributed by atoms with Gasteiger partial charge in [0.05, 0.1) is 4.75 Å². The molecule has 0 spiro atoms. The number of hydrogen-bond acceptors (Lipinski definition) is 3. The predicted molar refractivity (Wildman–Crippen MR) is 67.8 cm³/mol. The van der Waals surface area contributed by atoms with E-state index in [-0.39, 0.29) is 10.6 Å². The second-order valence-corrected chi connectivity index (χ2v) is 5.30. The van der Waals surface area contributed by atoms with Crippen LogP contribution >= 0.6 is 11.8 Å². The number of hydrogen-bond donors (Lipinski definition) is 1. The number of rotatable bonds is 3. The third-order valence-electron chi connectivity index (χ3n) is 2.37. The molecular formula is C12H13FN2S. The van der Waals surface area contributed by atoms with Gasteiger partial charge in [-0.3, -0.25) is 4.99 Å². The van der Waals surface area contributed by atoms with Crippen LogP contribution in [0.4, 0.5) is 10.1 Å². The number of nitrogens with one attached hydrogen (secondary N) is 1. The summed E-state index contributed by atoms with van der Waals surface area (Å²) in [7, 11) is 1.77. The molecule has 0 radical (unpaired) electrons. The summed E-state index contributed by atoms with van der Waals surface area (Å²) in [4.78, 5) is 4.67. The Morgan fingerprint density at radius 3 is 2.81 bits per heavy atom. The van der Waals surface area contributed by atoms with Crippen LogP contribution in [0.15, 0.2) is 40.4 Å². The van der Waals surface area contributed by atoms with Crippen LogP contribution in [0.2, 0.25) is 0 Å². The molecule has 16 heavy (non-hydrogen) atoms. The molecule has 0 saturated heterocycles. The van der Waals surface area contributed by atoms with Gasteiger partial charge in [0.25, 0.3) is 0 Å². The summed E-state index contributed by atoms with van der Waals surface area (Å²) >= 11 is 1.46. The topological polar surface area (TPSA) is 24.4 Å². The quantitative estimate of drug-likeness (QED) is 0.870. The van der Waals surface area contributed by atoms with Gasteiger partial charge < -0.3 is 5.32 Å². The molecule has 0 saturated carbocycles. The van der Waals surface area contributed by atoms with Crippen LogP contribution in [0, 0.1) is 5.82 Å². The highest BCUT2D eigenvalue weighted by atomic mass is 32.2. The second kappa shape index (κ2) is 4.29. The zero-order chi connectivity index (χ0) is 11.6. The third-order valence-corrected chi connectivity index (χ3v) is 3.61. The monoisotopic (exact) mass is 236 g/mol. The standard InChI is InChI=1S/C12H13FN2S/c1-12(5-6-15-8-12)16-11-4-3-9(14-2)7-10(11)13/h3-8,14H,1-2H3. The lowest BCUT2D eigenvalue weighted by Crippen LogP contribution is -2.15. The summed E-state index contributed by atoms with van der Waals surface area (Å²) in [6, 6.07) is 5.16. The molecule has 1 heterocycles. The first-order valence-electron chi connectivity index (χ1n) is 5.01. The highest BCUT2D eigenvalue weighted by molar-refractivity contribution is 8.01. The van der Waals surface area contributed by atoms with Gasteiger partial charge in [0.15, 0.2) is 0 Å². The summed E-state index contributed by atoms with van der Waals surface area (Å²) in [5, 5.41) is 2.91. The minimum Gasteiger partial charge on any atom is -0.388 e. The van der Waals surface area contributed by atoms with E-state index >= 15 is 0 Å². The van der Waals surface area contributed by atoms with Gasteiger partial charge in [0.1, 0.15) is 5.82 Å². The molecule has 0 aromatic heterocycles. The van der Waals surface area contributed by atoms with Crippen LogP contribution in [0.5, 0.6) is 0 Å². The van der Waals surface area contributed by atoms with Gasteiger partial charge in [-0.2, -0.15) is 0 Å². The molecule has 1 aliphatic heterocycles. The first-order valence-corrected chi connectivity index (χ1v) is 5.83. The second-order valence-electron chi connectivity index (χ2n) is 3.78. The van der Waals surface area contributed by atoms with E-state index in [1.165, 1.54) is 17.8 Å². The molecule has 1 atom stereocenters. The van der Waals surface area contributed by atoms with E-state index in [1.54, 1.807) is 19.3 Å². The van der Waals surface area contributed by atoms with Crippen molar-refractivity contribution in [1.29, 1.82) is 0 Å². The Kier molecular flexibility index (Phi) is 3.01. The lowest BCUT2D eigenvalue weighted by atomic mass is 10.2. The Bertz CT molecular complexity index is 442. The molecule has 1 unspecified atom stereocenters. The summed E-state index contributed by atoms with van der Waals surface area (Å²) in [5.41, 5.74) is 0.780. The van der Waals surface area contributed by atoms with Gasteiger partial charge in [-0.1, -0.05) is 0 Å². The van der Waals surface area contributed by atoms with Crippen LogP contribution in [0.3, 0.4) is 0 Å². The lowest BCUT2D eigenvalue weighted by molar-refractivity contribution is 0.602. The first kappa shape index (κ1) is 11.2. The molecule has 4 heteroatoms. The van der Waals surface area contributed by atoms with Crippen molar-refractivity contribution in [3.8, 4) is 0 Å². The minimum absolute atomic E-state index is 0.202. The molecule has 1 aromatic rings. The van der Waals surface area contributed by atoms with Crippen molar-refractivity contribution < 1.29 is 4.39 Å². The van der Waals surface area contributed by atoms with Crippen molar-refractivity contribution in [2.75, 3.05) is 12.4 Å². The average molecular weight is 236 g/mol. The van der Waals surface area contributed by atoms with Gasteiger partial charge in [0.2, 0.25) is 0 Å². The van der Waals surface area contributed by atoms with Crippen molar-refractivity contribution in [2.24, 2.45) is 4.99 Å². The zero-order valence-corrected chi connectivity index (χ0v) is 10.0. The summed E-state index contributed by atoms with van der Waals surface area (Å²) in [6.07, 6.45) is 5.53. The van der Waals surface area contributed by atoms with Crippen molar-refractivity contribution in [3.05, 3.63) is 36.3 Å². The number of halogens is 1. The smallest absolute Gasteiger partial charge is 0.138 e. The minimum atomic E-state index is -0.234. The molecule has 84 valence electrons. The molecule has 2 nitrogen and oxygen atoms in total. The van der Waals surface area contributed by atoms with E-state index < -0.39 is 0 Å². The van der Waals surface area contributed by atoms with Crippen LogP contribution in [0.1, 0.15) is 6.92 Å². The van der Waals surface area contributed by atoms with Crippen molar-refractivity contribution >= 4 is 23.7 Å². The molecule has 0 aliphatic carbocycles. The maximum Gasteiger partial charge on any atom is 0.138 e. The number of aliphatic imine (C=N–C) groups is 1. The molecule has 2 rings (SSSR count). The lowest BCUT2D eigenvalue weighted by Gasteiger charge is -2.17. The van der Waals surface area contributed by atoms with E-state index in [9.17, 15) is 4.39 Å². The van der Waals surface area contributed by atoms with Gasteiger partial charge in [0, 0.05) is 30.0 Å². The van der Waals surface area contributed by atoms with Gasteiger partial charge in [-0.15, -0.1) is 11.8 Å². The number of anilines is 1. The SMILES string of the molecule is CNc1ccc(SC2(C)C=CN=C2)c(F)c1. The van der Waals surface area contributed by atoms with Gasteiger partial charge in [-0.25, -0.2) is 4.39 Å². The summed E-state index contributed by atoms with van der Waals surface area (Å²) < 4.78 is 13.5. The zero-order valence-electron chi connectivity index (χ0n) is 9.20. The summed E-state index contributed by atoms with van der Waals surface area (Å²) in [5.74, 6) is -0.202. The predicted octanol–water partition coefficient (Wildman–Crippen LogP) is 3.32. The van der Waals surface area contributed by atoms with Crippen LogP contribution in [0.25, 0.3) is 0 Å². The molecular weight excluding hydrogens is 223 g/mol. The van der Waals surface area contributed by atoms with Crippen LogP contribution < -0.4 is 5.32 Å². The van der Waals surface area contributed by atoms with E-state index in [1.807, 2.05) is 25.3 Å². The largest absolute Gasteiger partial charge is 0.388 e. The van der Waals surface area contributed by atoms with Crippen molar-refractivity contribution in [1.82, 2.24) is 0 Å². The fraction of sp³-hybridized carbons (Fsp3) is 0.250. The Morgan fingerprint density at radius 1 is 1.44 bits per heavy atom. The number of nitrogens with zero attached hydrogens (tertiary/aromatic N) is 1. The molecule has 1 aliphatic rings. The number of benzene rings is 1. The van der Waals surface area contributed by atoms with E-state index in [0.717, 1.165) is 5.69 Å². The first-order chi connectivity index (χ1) is 7.63. The van der Waals surface area contributed by atoms with Gasteiger partial charge >= 0.3 is 0 Å². The van der Waals surface area contributed by atoms with E-state index in [4.69, 9.17) is 0 Å². The Balaban J connectivity index is 2.22. The molecule has 1 aromatic carbocycles. The molecule has 0 bridgehead atoms. The molecule has 0 fully saturated rings. The molecule has 0 amide bonds. The van der Waals surface area contributed by atoms with Crippen molar-refractivity contribution in [2.45, 2.75) is 16.6 Å². The Labute approximate surface area is 98.7 Å². The average Bonchev–Trinajstić information content (AvgIpc) is 2.68. The Hall–Kier alpha value is -1.29. The third kappa shape index (κ3) is 2.27. The molecule has 1 N–H and O–H groups in total. The van der Waals surface area contributed by atoms with E-state index in [0.29, 0.717) is 4.90 Å². The highest BCUT2D eigenvalue weighted by Gasteiger charge is 2.24. The maximum absolute atomic E-state index is 13.7. The van der Waals surface area contributed by atoms with Crippen LogP contribution in [-0.4, -0.2) is 18.0 Å². The maximum atomic E-state index is 13.7. The van der Waals surface area contributed by atoms with Gasteiger partial charge in [-0.05, 0) is 31.2 Å². The summed E-state index contributed by atoms with van der Waals surface area (Å²) in [6.45, 7) is 2.01. The van der Waals surface area contributed by atoms with Crippen molar-refractivity contribution in [3.63, 3.8) is 0 Å².